The van der Waals surface area contributed by atoms with Crippen LogP contribution in [0.5, 0.6) is 5.88 Å². The second-order valence-electron chi connectivity index (χ2n) is 5.78. The van der Waals surface area contributed by atoms with Crippen LogP contribution in [0.25, 0.3) is 0 Å². The van der Waals surface area contributed by atoms with Crippen LogP contribution in [-0.2, 0) is 4.79 Å². The van der Waals surface area contributed by atoms with Gasteiger partial charge in [0.1, 0.15) is 0 Å². The SMILES string of the molecule is CCOc1cc(C)nc(N2CCN(C(=O)NCCCC(=O)O)CC2)n1. The van der Waals surface area contributed by atoms with Crippen LogP contribution in [0, 0.1) is 6.92 Å². The van der Waals surface area contributed by atoms with Crippen molar-refractivity contribution in [3.05, 3.63) is 11.8 Å². The van der Waals surface area contributed by atoms with Crippen LogP contribution in [0.4, 0.5) is 10.7 Å². The minimum Gasteiger partial charge on any atom is -0.481 e. The normalized spacial score (nSPS) is 14.3. The molecule has 1 fully saturated rings. The first-order valence-electron chi connectivity index (χ1n) is 8.47. The zero-order valence-electron chi connectivity index (χ0n) is 14.7. The van der Waals surface area contributed by atoms with Gasteiger partial charge in [0.05, 0.1) is 6.61 Å². The number of hydrogen-bond acceptors (Lipinski definition) is 6. The number of nitrogens with one attached hydrogen (secondary N) is 1. The van der Waals surface area contributed by atoms with Gasteiger partial charge in [-0.2, -0.15) is 4.98 Å². The number of piperazine rings is 1. The topological polar surface area (TPSA) is 108 Å². The lowest BCUT2D eigenvalue weighted by Crippen LogP contribution is -2.52. The molecule has 0 saturated carbocycles. The Morgan fingerprint density at radius 3 is 2.64 bits per heavy atom. The van der Waals surface area contributed by atoms with E-state index in [0.717, 1.165) is 5.69 Å². The van der Waals surface area contributed by atoms with Crippen molar-refractivity contribution in [2.45, 2.75) is 26.7 Å². The van der Waals surface area contributed by atoms with Gasteiger partial charge >= 0.3 is 12.0 Å². The number of anilines is 1. The van der Waals surface area contributed by atoms with Crippen molar-refractivity contribution >= 4 is 17.9 Å². The lowest BCUT2D eigenvalue weighted by molar-refractivity contribution is -0.137. The fraction of sp³-hybridized carbons (Fsp3) is 0.625. The fourth-order valence-electron chi connectivity index (χ4n) is 2.54. The minimum absolute atomic E-state index is 0.0565. The third kappa shape index (κ3) is 5.77. The van der Waals surface area contributed by atoms with Crippen LogP contribution in [0.2, 0.25) is 0 Å². The van der Waals surface area contributed by atoms with E-state index in [1.165, 1.54) is 0 Å². The standard InChI is InChI=1S/C16H25N5O4/c1-3-25-13-11-12(2)18-15(19-13)20-7-9-21(10-8-20)16(24)17-6-4-5-14(22)23/h11H,3-10H2,1-2H3,(H,17,24)(H,22,23). The van der Waals surface area contributed by atoms with Crippen molar-refractivity contribution < 1.29 is 19.4 Å². The number of carboxylic acid groups (broad SMARTS) is 1. The van der Waals surface area contributed by atoms with Gasteiger partial charge in [0.2, 0.25) is 11.8 Å². The smallest absolute Gasteiger partial charge is 0.317 e. The Hall–Kier alpha value is -2.58. The number of amides is 2. The first kappa shape index (κ1) is 18.8. The Labute approximate surface area is 147 Å². The molecule has 138 valence electrons. The molecular weight excluding hydrogens is 326 g/mol. The number of rotatable bonds is 7. The first-order valence-corrected chi connectivity index (χ1v) is 8.47. The Bertz CT molecular complexity index is 602. The number of aryl methyl sites for hydroxylation is 1. The number of carbonyl (C=O) groups excluding carboxylic acids is 1. The highest BCUT2D eigenvalue weighted by Crippen LogP contribution is 2.17. The molecule has 1 aliphatic heterocycles. The highest BCUT2D eigenvalue weighted by atomic mass is 16.5. The van der Waals surface area contributed by atoms with E-state index in [0.29, 0.717) is 57.6 Å². The van der Waals surface area contributed by atoms with E-state index >= 15 is 0 Å². The van der Waals surface area contributed by atoms with E-state index in [9.17, 15) is 9.59 Å². The second-order valence-corrected chi connectivity index (χ2v) is 5.78. The molecule has 0 spiro atoms. The van der Waals surface area contributed by atoms with Crippen LogP contribution in [-0.4, -0.2) is 71.3 Å². The van der Waals surface area contributed by atoms with E-state index < -0.39 is 5.97 Å². The van der Waals surface area contributed by atoms with Gasteiger partial charge in [-0.3, -0.25) is 4.79 Å². The number of carboxylic acids is 1. The highest BCUT2D eigenvalue weighted by Gasteiger charge is 2.23. The molecule has 25 heavy (non-hydrogen) atoms. The predicted octanol–water partition coefficient (Wildman–Crippen LogP) is 0.880. The number of ether oxygens (including phenoxy) is 1. The van der Waals surface area contributed by atoms with Crippen molar-refractivity contribution in [3.63, 3.8) is 0 Å². The maximum absolute atomic E-state index is 12.1. The molecule has 2 amide bonds. The summed E-state index contributed by atoms with van der Waals surface area (Å²) in [6.45, 7) is 7.11. The molecule has 0 radical (unpaired) electrons. The van der Waals surface area contributed by atoms with Crippen molar-refractivity contribution in [1.29, 1.82) is 0 Å². The average Bonchev–Trinajstić information content (AvgIpc) is 2.58. The lowest BCUT2D eigenvalue weighted by atomic mass is 10.3. The van der Waals surface area contributed by atoms with Gasteiger partial charge in [0.15, 0.2) is 0 Å². The number of aromatic nitrogens is 2. The molecule has 1 saturated heterocycles. The molecule has 2 heterocycles. The molecule has 1 aromatic rings. The van der Waals surface area contributed by atoms with Gasteiger partial charge in [-0.1, -0.05) is 0 Å². The third-order valence-electron chi connectivity index (χ3n) is 3.80. The largest absolute Gasteiger partial charge is 0.481 e. The van der Waals surface area contributed by atoms with Crippen LogP contribution < -0.4 is 15.0 Å². The zero-order chi connectivity index (χ0) is 18.2. The van der Waals surface area contributed by atoms with E-state index in [-0.39, 0.29) is 12.5 Å². The average molecular weight is 351 g/mol. The molecule has 0 atom stereocenters. The summed E-state index contributed by atoms with van der Waals surface area (Å²) in [5, 5.41) is 11.3. The molecule has 0 aromatic carbocycles. The molecule has 1 aromatic heterocycles. The zero-order valence-corrected chi connectivity index (χ0v) is 14.7. The number of urea groups is 1. The van der Waals surface area contributed by atoms with E-state index in [2.05, 4.69) is 15.3 Å². The summed E-state index contributed by atoms with van der Waals surface area (Å²) in [5.74, 6) is 0.320. The minimum atomic E-state index is -0.854. The fourth-order valence-corrected chi connectivity index (χ4v) is 2.54. The van der Waals surface area contributed by atoms with Crippen LogP contribution >= 0.6 is 0 Å². The molecular formula is C16H25N5O4. The maximum Gasteiger partial charge on any atom is 0.317 e. The van der Waals surface area contributed by atoms with Gasteiger partial charge in [-0.15, -0.1) is 0 Å². The monoisotopic (exact) mass is 351 g/mol. The summed E-state index contributed by atoms with van der Waals surface area (Å²) < 4.78 is 5.46. The number of aliphatic carboxylic acids is 1. The summed E-state index contributed by atoms with van der Waals surface area (Å²) in [6, 6.07) is 1.64. The van der Waals surface area contributed by atoms with Gasteiger partial charge in [-0.05, 0) is 20.3 Å². The summed E-state index contributed by atoms with van der Waals surface area (Å²) in [7, 11) is 0. The first-order chi connectivity index (χ1) is 12.0. The van der Waals surface area contributed by atoms with Crippen molar-refractivity contribution in [2.24, 2.45) is 0 Å². The Morgan fingerprint density at radius 2 is 2.00 bits per heavy atom. The van der Waals surface area contributed by atoms with Crippen molar-refractivity contribution in [2.75, 3.05) is 44.2 Å². The predicted molar refractivity (Wildman–Crippen MR) is 92.0 cm³/mol. The van der Waals surface area contributed by atoms with E-state index in [1.54, 1.807) is 11.0 Å². The summed E-state index contributed by atoms with van der Waals surface area (Å²) in [4.78, 5) is 35.1. The molecule has 0 aliphatic carbocycles. The van der Waals surface area contributed by atoms with Gasteiger partial charge in [-0.25, -0.2) is 9.78 Å². The summed E-state index contributed by atoms with van der Waals surface area (Å²) in [5.41, 5.74) is 0.840. The van der Waals surface area contributed by atoms with Gasteiger partial charge < -0.3 is 25.0 Å². The third-order valence-corrected chi connectivity index (χ3v) is 3.80. The molecule has 9 heteroatoms. The summed E-state index contributed by atoms with van der Waals surface area (Å²) >= 11 is 0. The quantitative estimate of drug-likeness (QED) is 0.702. The van der Waals surface area contributed by atoms with E-state index in [1.807, 2.05) is 18.7 Å². The van der Waals surface area contributed by atoms with Crippen LogP contribution in [0.1, 0.15) is 25.5 Å². The lowest BCUT2D eigenvalue weighted by Gasteiger charge is -2.34. The van der Waals surface area contributed by atoms with Crippen LogP contribution in [0.3, 0.4) is 0 Å². The van der Waals surface area contributed by atoms with Gasteiger partial charge in [0.25, 0.3) is 0 Å². The highest BCUT2D eigenvalue weighted by molar-refractivity contribution is 5.74. The van der Waals surface area contributed by atoms with Crippen molar-refractivity contribution in [3.8, 4) is 5.88 Å². The molecule has 0 bridgehead atoms. The number of carbonyl (C=O) groups is 2. The Balaban J connectivity index is 1.83. The second kappa shape index (κ2) is 9.05. The summed E-state index contributed by atoms with van der Waals surface area (Å²) in [6.07, 6.45) is 0.485. The maximum atomic E-state index is 12.1. The number of hydrogen-bond donors (Lipinski definition) is 2. The Morgan fingerprint density at radius 1 is 1.28 bits per heavy atom. The Kier molecular flexibility index (Phi) is 6.79. The molecule has 0 unspecified atom stereocenters. The van der Waals surface area contributed by atoms with Crippen molar-refractivity contribution in [1.82, 2.24) is 20.2 Å². The van der Waals surface area contributed by atoms with Gasteiger partial charge in [0, 0.05) is 50.9 Å². The molecule has 9 nitrogen and oxygen atoms in total. The molecule has 2 rings (SSSR count). The van der Waals surface area contributed by atoms with Crippen LogP contribution in [0.15, 0.2) is 6.07 Å². The van der Waals surface area contributed by atoms with E-state index in [4.69, 9.17) is 9.84 Å². The molecule has 2 N–H and O–H groups in total. The number of nitrogens with zero attached hydrogens (tertiary/aromatic N) is 4. The molecule has 1 aliphatic rings.